The molecule has 0 aliphatic carbocycles. The lowest BCUT2D eigenvalue weighted by molar-refractivity contribution is 0.272. The van der Waals surface area contributed by atoms with E-state index in [1.54, 1.807) is 0 Å². The molecule has 2 aliphatic rings. The van der Waals surface area contributed by atoms with E-state index in [1.165, 1.54) is 45.6 Å². The van der Waals surface area contributed by atoms with Crippen molar-refractivity contribution in [3.05, 3.63) is 0 Å². The first-order chi connectivity index (χ1) is 6.75. The minimum atomic E-state index is 0.377. The Morgan fingerprint density at radius 3 is 2.93 bits per heavy atom. The van der Waals surface area contributed by atoms with Crippen LogP contribution in [0.3, 0.4) is 0 Å². The van der Waals surface area contributed by atoms with Gasteiger partial charge in [0.15, 0.2) is 0 Å². The molecule has 3 heteroatoms. The van der Waals surface area contributed by atoms with Crippen LogP contribution >= 0.6 is 0 Å². The van der Waals surface area contributed by atoms with Gasteiger partial charge < -0.3 is 16.0 Å². The first kappa shape index (κ1) is 10.4. The summed E-state index contributed by atoms with van der Waals surface area (Å²) in [6.07, 6.45) is 2.66. The van der Waals surface area contributed by atoms with Gasteiger partial charge in [-0.25, -0.2) is 0 Å². The Bertz CT molecular complexity index is 175. The minimum absolute atomic E-state index is 0.377. The van der Waals surface area contributed by atoms with Crippen LogP contribution in [0.25, 0.3) is 0 Å². The van der Waals surface area contributed by atoms with E-state index in [9.17, 15) is 0 Å². The summed E-state index contributed by atoms with van der Waals surface area (Å²) >= 11 is 0. The van der Waals surface area contributed by atoms with Gasteiger partial charge in [-0.15, -0.1) is 0 Å². The normalized spacial score (nSPS) is 36.4. The molecule has 2 aliphatic heterocycles. The molecule has 2 fully saturated rings. The molecule has 0 spiro atoms. The summed E-state index contributed by atoms with van der Waals surface area (Å²) in [5.41, 5.74) is 5.93. The van der Waals surface area contributed by atoms with E-state index < -0.39 is 0 Å². The highest BCUT2D eigenvalue weighted by atomic mass is 15.2. The topological polar surface area (TPSA) is 41.3 Å². The number of nitrogens with two attached hydrogens (primary N) is 1. The molecule has 3 atom stereocenters. The Labute approximate surface area is 87.0 Å². The van der Waals surface area contributed by atoms with Crippen molar-refractivity contribution in [2.45, 2.75) is 25.8 Å². The van der Waals surface area contributed by atoms with E-state index in [2.05, 4.69) is 17.1 Å². The summed E-state index contributed by atoms with van der Waals surface area (Å²) in [7, 11) is 0. The highest BCUT2D eigenvalue weighted by molar-refractivity contribution is 4.83. The average Bonchev–Trinajstić information content (AvgIpc) is 2.75. The van der Waals surface area contributed by atoms with Crippen LogP contribution in [0.4, 0.5) is 0 Å². The zero-order valence-corrected chi connectivity index (χ0v) is 9.21. The van der Waals surface area contributed by atoms with Crippen LogP contribution in [-0.4, -0.2) is 43.7 Å². The van der Waals surface area contributed by atoms with Gasteiger partial charge in [0.25, 0.3) is 0 Å². The Balaban J connectivity index is 1.72. The third kappa shape index (κ3) is 2.47. The van der Waals surface area contributed by atoms with Crippen LogP contribution in [-0.2, 0) is 0 Å². The highest BCUT2D eigenvalue weighted by Crippen LogP contribution is 2.21. The van der Waals surface area contributed by atoms with E-state index in [-0.39, 0.29) is 0 Å². The number of hydrogen-bond acceptors (Lipinski definition) is 3. The number of rotatable bonds is 3. The van der Waals surface area contributed by atoms with Crippen molar-refractivity contribution in [3.8, 4) is 0 Å². The first-order valence-electron chi connectivity index (χ1n) is 5.94. The predicted molar refractivity (Wildman–Crippen MR) is 59.2 cm³/mol. The molecule has 14 heavy (non-hydrogen) atoms. The van der Waals surface area contributed by atoms with Crippen LogP contribution in [0.5, 0.6) is 0 Å². The Hall–Kier alpha value is -0.120. The molecule has 3 N–H and O–H groups in total. The van der Waals surface area contributed by atoms with Gasteiger partial charge in [-0.05, 0) is 51.2 Å². The second-order valence-electron chi connectivity index (χ2n) is 5.03. The van der Waals surface area contributed by atoms with Gasteiger partial charge in [0, 0.05) is 19.1 Å². The zero-order chi connectivity index (χ0) is 9.97. The number of nitrogens with one attached hydrogen (secondary N) is 1. The number of nitrogens with zero attached hydrogens (tertiary/aromatic N) is 1. The van der Waals surface area contributed by atoms with E-state index in [0.717, 1.165) is 11.8 Å². The quantitative estimate of drug-likeness (QED) is 0.682. The smallest absolute Gasteiger partial charge is 0.00514 e. The fraction of sp³-hybridized carbons (Fsp3) is 1.00. The monoisotopic (exact) mass is 197 g/mol. The minimum Gasteiger partial charge on any atom is -0.328 e. The summed E-state index contributed by atoms with van der Waals surface area (Å²) in [6, 6.07) is 0.377. The van der Waals surface area contributed by atoms with Crippen molar-refractivity contribution in [2.75, 3.05) is 32.7 Å². The van der Waals surface area contributed by atoms with Crippen molar-refractivity contribution in [1.82, 2.24) is 10.2 Å². The van der Waals surface area contributed by atoms with Gasteiger partial charge in [0.2, 0.25) is 0 Å². The number of likely N-dealkylation sites (tertiary alicyclic amines) is 1. The fourth-order valence-electron chi connectivity index (χ4n) is 2.69. The Morgan fingerprint density at radius 1 is 1.50 bits per heavy atom. The predicted octanol–water partition coefficient (Wildman–Crippen LogP) is 0.265. The molecule has 3 unspecified atom stereocenters. The molecule has 2 rings (SSSR count). The lowest BCUT2D eigenvalue weighted by Crippen LogP contribution is -2.32. The van der Waals surface area contributed by atoms with Crippen LogP contribution < -0.4 is 11.1 Å². The Kier molecular flexibility index (Phi) is 3.42. The molecule has 2 saturated heterocycles. The van der Waals surface area contributed by atoms with Crippen LogP contribution in [0.2, 0.25) is 0 Å². The van der Waals surface area contributed by atoms with Gasteiger partial charge in [-0.1, -0.05) is 0 Å². The van der Waals surface area contributed by atoms with Crippen molar-refractivity contribution in [3.63, 3.8) is 0 Å². The molecule has 0 saturated carbocycles. The fourth-order valence-corrected chi connectivity index (χ4v) is 2.69. The van der Waals surface area contributed by atoms with E-state index >= 15 is 0 Å². The van der Waals surface area contributed by atoms with Gasteiger partial charge >= 0.3 is 0 Å². The van der Waals surface area contributed by atoms with E-state index in [0.29, 0.717) is 6.04 Å². The Morgan fingerprint density at radius 2 is 2.36 bits per heavy atom. The third-order valence-electron chi connectivity index (χ3n) is 3.73. The molecule has 0 radical (unpaired) electrons. The molecule has 2 heterocycles. The van der Waals surface area contributed by atoms with Crippen molar-refractivity contribution in [1.29, 1.82) is 0 Å². The van der Waals surface area contributed by atoms with Crippen molar-refractivity contribution in [2.24, 2.45) is 17.6 Å². The third-order valence-corrected chi connectivity index (χ3v) is 3.73. The van der Waals surface area contributed by atoms with Crippen molar-refractivity contribution >= 4 is 0 Å². The molecule has 3 nitrogen and oxygen atoms in total. The van der Waals surface area contributed by atoms with Gasteiger partial charge in [-0.3, -0.25) is 0 Å². The summed E-state index contributed by atoms with van der Waals surface area (Å²) in [4.78, 5) is 2.60. The number of hydrogen-bond donors (Lipinski definition) is 2. The standard InChI is InChI=1S/C11H23N3/c1-9(12)11-3-5-14(8-11)7-10-2-4-13-6-10/h9-11,13H,2-8,12H2,1H3. The summed E-state index contributed by atoms with van der Waals surface area (Å²) in [5, 5.41) is 3.43. The lowest BCUT2D eigenvalue weighted by atomic mass is 10.0. The highest BCUT2D eigenvalue weighted by Gasteiger charge is 2.27. The molecular weight excluding hydrogens is 174 g/mol. The maximum absolute atomic E-state index is 5.93. The van der Waals surface area contributed by atoms with Gasteiger partial charge in [0.1, 0.15) is 0 Å². The molecule has 0 bridgehead atoms. The van der Waals surface area contributed by atoms with Crippen LogP contribution in [0.15, 0.2) is 0 Å². The van der Waals surface area contributed by atoms with E-state index in [4.69, 9.17) is 5.73 Å². The average molecular weight is 197 g/mol. The summed E-state index contributed by atoms with van der Waals surface area (Å²) in [5.74, 6) is 1.63. The molecule has 82 valence electrons. The SMILES string of the molecule is CC(N)C1CCN(CC2CCNC2)C1. The molecular formula is C11H23N3. The maximum Gasteiger partial charge on any atom is 0.00514 e. The zero-order valence-electron chi connectivity index (χ0n) is 9.21. The molecule has 0 amide bonds. The lowest BCUT2D eigenvalue weighted by Gasteiger charge is -2.20. The first-order valence-corrected chi connectivity index (χ1v) is 5.94. The molecule has 0 aromatic heterocycles. The van der Waals surface area contributed by atoms with Crippen LogP contribution in [0.1, 0.15) is 19.8 Å². The van der Waals surface area contributed by atoms with Crippen LogP contribution in [0, 0.1) is 11.8 Å². The van der Waals surface area contributed by atoms with E-state index in [1.807, 2.05) is 0 Å². The summed E-state index contributed by atoms with van der Waals surface area (Å²) in [6.45, 7) is 8.37. The van der Waals surface area contributed by atoms with Gasteiger partial charge in [0.05, 0.1) is 0 Å². The van der Waals surface area contributed by atoms with Gasteiger partial charge in [-0.2, -0.15) is 0 Å². The second-order valence-corrected chi connectivity index (χ2v) is 5.03. The largest absolute Gasteiger partial charge is 0.328 e. The molecule has 0 aromatic rings. The van der Waals surface area contributed by atoms with Crippen molar-refractivity contribution < 1.29 is 0 Å². The second kappa shape index (κ2) is 4.60. The summed E-state index contributed by atoms with van der Waals surface area (Å²) < 4.78 is 0. The maximum atomic E-state index is 5.93. The molecule has 0 aromatic carbocycles.